The van der Waals surface area contributed by atoms with Gasteiger partial charge in [-0.15, -0.1) is 0 Å². The van der Waals surface area contributed by atoms with Gasteiger partial charge in [-0.25, -0.2) is 4.79 Å². The summed E-state index contributed by atoms with van der Waals surface area (Å²) < 4.78 is 32.8. The van der Waals surface area contributed by atoms with Crippen LogP contribution in [0.2, 0.25) is 0 Å². The van der Waals surface area contributed by atoms with Gasteiger partial charge in [0.25, 0.3) is 0 Å². The molecule has 10 rings (SSSR count). The van der Waals surface area contributed by atoms with Gasteiger partial charge in [0.05, 0.1) is 29.8 Å². The van der Waals surface area contributed by atoms with Gasteiger partial charge in [-0.3, -0.25) is 9.59 Å². The molecule has 53 heavy (non-hydrogen) atoms. The van der Waals surface area contributed by atoms with Gasteiger partial charge in [0.2, 0.25) is 0 Å². The van der Waals surface area contributed by atoms with Crippen molar-refractivity contribution in [3.05, 3.63) is 23.7 Å². The molecule has 2 bridgehead atoms. The first-order chi connectivity index (χ1) is 25.5. The molecule has 0 aromatic carbocycles. The van der Waals surface area contributed by atoms with Gasteiger partial charge < -0.3 is 39.1 Å². The quantitative estimate of drug-likeness (QED) is 0.180. The number of unbranched alkanes of at least 4 members (excludes halogenated alkanes) is 3. The van der Waals surface area contributed by atoms with Gasteiger partial charge in [0, 0.05) is 47.5 Å². The number of furan rings is 1. The maximum absolute atomic E-state index is 15.3. The van der Waals surface area contributed by atoms with Gasteiger partial charge in [-0.2, -0.15) is 0 Å². The zero-order valence-electron chi connectivity index (χ0n) is 31.7. The predicted octanol–water partition coefficient (Wildman–Crippen LogP) is 4.93. The standard InChI is InChI=1S/C42H58N2O9/c1-38(2)31-29(45)32(46)41(24-11-7-6-8-12-24)30-23(15-16-27-34(52-38)40(30,31)21-50-36(27)47)19-39(3)33(51-37(48)35-42(39,41)53-35)26-17-18-49-28(26)14-10-5-4-9-13-25-20-43-22-44-25/h17-18,23-25,27,30-35,43-44,46H,4-16,19-22H2,1-3H3. The first-order valence-electron chi connectivity index (χ1n) is 21.0. The summed E-state index contributed by atoms with van der Waals surface area (Å²) in [5.41, 5.74) is -3.78. The number of carbonyl (C=O) groups is 3. The Balaban J connectivity index is 1.07. The minimum Gasteiger partial charge on any atom is -0.469 e. The van der Waals surface area contributed by atoms with Crippen LogP contribution in [0.4, 0.5) is 0 Å². The average Bonchev–Trinajstić information content (AvgIpc) is 3.39. The van der Waals surface area contributed by atoms with Gasteiger partial charge >= 0.3 is 11.9 Å². The Hall–Kier alpha value is -2.31. The molecular formula is C42H58N2O9. The lowest BCUT2D eigenvalue weighted by Crippen LogP contribution is -2.80. The van der Waals surface area contributed by atoms with Crippen molar-refractivity contribution in [2.24, 2.45) is 45.8 Å². The maximum atomic E-state index is 15.3. The van der Waals surface area contributed by atoms with E-state index in [0.717, 1.165) is 88.7 Å². The summed E-state index contributed by atoms with van der Waals surface area (Å²) in [6.07, 6.45) is 11.5. The minimum atomic E-state index is -1.35. The number of ketones is 1. The third-order valence-electron chi connectivity index (χ3n) is 16.5. The number of nitrogens with one attached hydrogen (secondary N) is 2. The topological polar surface area (TPSA) is 149 Å². The number of aliphatic hydroxyl groups excluding tert-OH is 1. The molecule has 3 N–H and O–H groups in total. The molecule has 1 aromatic heterocycles. The highest BCUT2D eigenvalue weighted by atomic mass is 16.7. The number of aryl methyl sites for hydroxylation is 1. The zero-order valence-corrected chi connectivity index (χ0v) is 31.7. The lowest BCUT2D eigenvalue weighted by Gasteiger charge is -2.71. The van der Waals surface area contributed by atoms with Crippen LogP contribution in [0.5, 0.6) is 0 Å². The van der Waals surface area contributed by atoms with E-state index in [0.29, 0.717) is 18.9 Å². The van der Waals surface area contributed by atoms with Gasteiger partial charge in [-0.05, 0) is 82.6 Å². The van der Waals surface area contributed by atoms with E-state index in [1.165, 1.54) is 12.8 Å². The largest absolute Gasteiger partial charge is 0.469 e. The number of ether oxygens (including phenoxy) is 4. The number of hydrogen-bond donors (Lipinski definition) is 3. The third-order valence-corrected chi connectivity index (χ3v) is 16.5. The fourth-order valence-corrected chi connectivity index (χ4v) is 15.0. The average molecular weight is 735 g/mol. The van der Waals surface area contributed by atoms with Crippen molar-refractivity contribution < 1.29 is 42.9 Å². The number of carbonyl (C=O) groups excluding carboxylic acids is 3. The number of epoxide rings is 1. The molecule has 9 fully saturated rings. The fraction of sp³-hybridized carbons (Fsp3) is 0.833. The van der Waals surface area contributed by atoms with Crippen LogP contribution in [0.25, 0.3) is 0 Å². The number of hydrogen-bond acceptors (Lipinski definition) is 11. The number of rotatable bonds is 9. The molecule has 5 aliphatic heterocycles. The smallest absolute Gasteiger partial charge is 0.339 e. The summed E-state index contributed by atoms with van der Waals surface area (Å²) in [7, 11) is 0. The van der Waals surface area contributed by atoms with Crippen LogP contribution in [-0.4, -0.2) is 78.2 Å². The second kappa shape index (κ2) is 12.1. The Morgan fingerprint density at radius 2 is 1.74 bits per heavy atom. The minimum absolute atomic E-state index is 0.0290. The summed E-state index contributed by atoms with van der Waals surface area (Å²) >= 11 is 0. The van der Waals surface area contributed by atoms with Gasteiger partial charge in [0.1, 0.15) is 30.2 Å². The van der Waals surface area contributed by atoms with Crippen molar-refractivity contribution in [3.63, 3.8) is 0 Å². The van der Waals surface area contributed by atoms with Gasteiger partial charge in [-0.1, -0.05) is 45.4 Å². The molecule has 9 aliphatic rings. The van der Waals surface area contributed by atoms with Crippen LogP contribution in [0, 0.1) is 45.8 Å². The molecule has 11 heteroatoms. The van der Waals surface area contributed by atoms with E-state index in [1.807, 2.05) is 19.9 Å². The Labute approximate surface area is 312 Å². The second-order valence-electron chi connectivity index (χ2n) is 19.2. The van der Waals surface area contributed by atoms with Crippen LogP contribution in [0.3, 0.4) is 0 Å². The monoisotopic (exact) mass is 734 g/mol. The van der Waals surface area contributed by atoms with Gasteiger partial charge in [0.15, 0.2) is 11.9 Å². The summed E-state index contributed by atoms with van der Waals surface area (Å²) in [4.78, 5) is 43.2. The fourth-order valence-electron chi connectivity index (χ4n) is 15.0. The first-order valence-corrected chi connectivity index (χ1v) is 21.0. The van der Waals surface area contributed by atoms with Crippen LogP contribution in [-0.2, 0) is 39.8 Å². The number of esters is 2. The molecule has 6 heterocycles. The Bertz CT molecular complexity index is 1660. The summed E-state index contributed by atoms with van der Waals surface area (Å²) in [5, 5.41) is 20.0. The van der Waals surface area contributed by atoms with Crippen molar-refractivity contribution in [1.82, 2.24) is 10.6 Å². The SMILES string of the molecule is CC1(C)OC2C3CCC4CC5(C)C(c6ccoc6CCCCCCC6CNCN6)OC(=O)C6OC65C5(C6CCCCC6)C(O)C(=O)C1C2(COC3=O)C45. The first kappa shape index (κ1) is 35.1. The van der Waals surface area contributed by atoms with E-state index in [2.05, 4.69) is 17.6 Å². The molecule has 1 aromatic rings. The predicted molar refractivity (Wildman–Crippen MR) is 190 cm³/mol. The van der Waals surface area contributed by atoms with Crippen molar-refractivity contribution in [2.75, 3.05) is 19.8 Å². The molecule has 0 amide bonds. The molecule has 11 nitrogen and oxygen atoms in total. The molecule has 13 unspecified atom stereocenters. The zero-order chi connectivity index (χ0) is 36.5. The Morgan fingerprint density at radius 1 is 0.925 bits per heavy atom. The van der Waals surface area contributed by atoms with Crippen molar-refractivity contribution >= 4 is 17.7 Å². The van der Waals surface area contributed by atoms with E-state index in [1.54, 1.807) is 6.26 Å². The molecular weight excluding hydrogens is 676 g/mol. The van der Waals surface area contributed by atoms with Crippen molar-refractivity contribution in [1.29, 1.82) is 0 Å². The molecule has 4 saturated carbocycles. The molecule has 5 saturated heterocycles. The summed E-state index contributed by atoms with van der Waals surface area (Å²) in [6.45, 7) is 8.14. The number of Topliss-reactive ketones (excluding diaryl/α,β-unsaturated/α-hetero) is 1. The summed E-state index contributed by atoms with van der Waals surface area (Å²) in [6, 6.07) is 2.53. The lowest BCUT2D eigenvalue weighted by molar-refractivity contribution is -0.289. The van der Waals surface area contributed by atoms with E-state index in [9.17, 15) is 14.7 Å². The molecule has 290 valence electrons. The van der Waals surface area contributed by atoms with Crippen LogP contribution < -0.4 is 10.6 Å². The maximum Gasteiger partial charge on any atom is 0.339 e. The van der Waals surface area contributed by atoms with Crippen LogP contribution in [0.1, 0.15) is 122 Å². The highest BCUT2D eigenvalue weighted by Crippen LogP contribution is 2.84. The molecule has 2 spiro atoms. The van der Waals surface area contributed by atoms with E-state index in [-0.39, 0.29) is 36.1 Å². The van der Waals surface area contributed by atoms with E-state index < -0.39 is 69.7 Å². The second-order valence-corrected chi connectivity index (χ2v) is 19.2. The van der Waals surface area contributed by atoms with E-state index >= 15 is 4.79 Å². The number of aliphatic hydroxyl groups is 1. The molecule has 0 radical (unpaired) electrons. The Kier molecular flexibility index (Phi) is 8.02. The molecule has 13 atom stereocenters. The highest BCUT2D eigenvalue weighted by Gasteiger charge is 2.94. The normalized spacial score (nSPS) is 47.9. The Morgan fingerprint density at radius 3 is 2.53 bits per heavy atom. The third kappa shape index (κ3) is 4.43. The lowest BCUT2D eigenvalue weighted by atomic mass is 9.31. The van der Waals surface area contributed by atoms with E-state index in [4.69, 9.17) is 23.4 Å². The molecule has 4 aliphatic carbocycles. The number of cyclic esters (lactones) is 2. The highest BCUT2D eigenvalue weighted by molar-refractivity contribution is 5.92. The van der Waals surface area contributed by atoms with Crippen LogP contribution >= 0.6 is 0 Å². The van der Waals surface area contributed by atoms with Crippen molar-refractivity contribution in [2.45, 2.75) is 152 Å². The summed E-state index contributed by atoms with van der Waals surface area (Å²) in [5.74, 6) is -1.41. The van der Waals surface area contributed by atoms with Crippen molar-refractivity contribution in [3.8, 4) is 0 Å². The van der Waals surface area contributed by atoms with Crippen LogP contribution in [0.15, 0.2) is 16.7 Å².